The Morgan fingerprint density at radius 3 is 2.59 bits per heavy atom. The Labute approximate surface area is 101 Å². The SMILES string of the molecule is COc1cccc(C(=O)N(C)C)c1OC1CC1. The summed E-state index contributed by atoms with van der Waals surface area (Å²) in [6.07, 6.45) is 2.33. The molecule has 92 valence electrons. The standard InChI is InChI=1S/C13H17NO3/c1-14(2)13(15)10-5-4-6-11(16-3)12(10)17-9-7-8-9/h4-6,9H,7-8H2,1-3H3. The molecule has 0 bridgehead atoms. The molecule has 0 unspecified atom stereocenters. The van der Waals surface area contributed by atoms with Gasteiger partial charge in [-0.2, -0.15) is 0 Å². The lowest BCUT2D eigenvalue weighted by Gasteiger charge is -2.16. The molecule has 1 amide bonds. The lowest BCUT2D eigenvalue weighted by molar-refractivity contribution is 0.0822. The monoisotopic (exact) mass is 235 g/mol. The van der Waals surface area contributed by atoms with E-state index >= 15 is 0 Å². The zero-order chi connectivity index (χ0) is 12.4. The molecule has 0 saturated heterocycles. The molecule has 0 spiro atoms. The van der Waals surface area contributed by atoms with Crippen LogP contribution in [0.15, 0.2) is 18.2 Å². The topological polar surface area (TPSA) is 38.8 Å². The van der Waals surface area contributed by atoms with E-state index in [4.69, 9.17) is 9.47 Å². The molecule has 0 aliphatic heterocycles. The van der Waals surface area contributed by atoms with Crippen LogP contribution in [-0.4, -0.2) is 38.1 Å². The Balaban J connectivity index is 2.37. The number of nitrogens with zero attached hydrogens (tertiary/aromatic N) is 1. The van der Waals surface area contributed by atoms with Crippen molar-refractivity contribution < 1.29 is 14.3 Å². The molecule has 0 radical (unpaired) electrons. The molecule has 4 heteroatoms. The highest BCUT2D eigenvalue weighted by Gasteiger charge is 2.28. The van der Waals surface area contributed by atoms with E-state index in [9.17, 15) is 4.79 Å². The average molecular weight is 235 g/mol. The molecule has 0 N–H and O–H groups in total. The molecule has 0 aromatic heterocycles. The highest BCUT2D eigenvalue weighted by molar-refractivity contribution is 5.97. The molecule has 1 aliphatic rings. The van der Waals surface area contributed by atoms with Crippen molar-refractivity contribution >= 4 is 5.91 Å². The predicted molar refractivity (Wildman–Crippen MR) is 64.7 cm³/mol. The van der Waals surface area contributed by atoms with Crippen molar-refractivity contribution in [2.24, 2.45) is 0 Å². The molecule has 0 atom stereocenters. The van der Waals surface area contributed by atoms with Crippen LogP contribution < -0.4 is 9.47 Å². The smallest absolute Gasteiger partial charge is 0.257 e. The van der Waals surface area contributed by atoms with Gasteiger partial charge in [0.15, 0.2) is 11.5 Å². The molecule has 4 nitrogen and oxygen atoms in total. The predicted octanol–water partition coefficient (Wildman–Crippen LogP) is 1.94. The van der Waals surface area contributed by atoms with Crippen molar-refractivity contribution in [1.29, 1.82) is 0 Å². The van der Waals surface area contributed by atoms with Gasteiger partial charge in [-0.25, -0.2) is 0 Å². The second-order valence-corrected chi connectivity index (χ2v) is 4.35. The Hall–Kier alpha value is -1.71. The van der Waals surface area contributed by atoms with Gasteiger partial charge in [-0.15, -0.1) is 0 Å². The highest BCUT2D eigenvalue weighted by Crippen LogP contribution is 2.36. The van der Waals surface area contributed by atoms with Crippen LogP contribution in [0.3, 0.4) is 0 Å². The number of amides is 1. The summed E-state index contributed by atoms with van der Waals surface area (Å²) in [5, 5.41) is 0. The maximum absolute atomic E-state index is 12.0. The number of hydrogen-bond acceptors (Lipinski definition) is 3. The van der Waals surface area contributed by atoms with Crippen LogP contribution in [0.4, 0.5) is 0 Å². The van der Waals surface area contributed by atoms with Crippen molar-refractivity contribution in [2.45, 2.75) is 18.9 Å². The molecular weight excluding hydrogens is 218 g/mol. The maximum Gasteiger partial charge on any atom is 0.257 e. The highest BCUT2D eigenvalue weighted by atomic mass is 16.5. The number of carbonyl (C=O) groups excluding carboxylic acids is 1. The number of hydrogen-bond donors (Lipinski definition) is 0. The number of para-hydroxylation sites is 1. The summed E-state index contributed by atoms with van der Waals surface area (Å²) in [7, 11) is 5.03. The molecular formula is C13H17NO3. The minimum Gasteiger partial charge on any atom is -0.493 e. The second kappa shape index (κ2) is 4.65. The molecule has 17 heavy (non-hydrogen) atoms. The van der Waals surface area contributed by atoms with Gasteiger partial charge in [-0.1, -0.05) is 6.07 Å². The van der Waals surface area contributed by atoms with Gasteiger partial charge in [0.1, 0.15) is 0 Å². The van der Waals surface area contributed by atoms with Gasteiger partial charge in [-0.05, 0) is 25.0 Å². The normalized spacial score (nSPS) is 14.3. The van der Waals surface area contributed by atoms with E-state index in [1.54, 1.807) is 33.3 Å². The minimum absolute atomic E-state index is 0.0699. The Morgan fingerprint density at radius 2 is 2.06 bits per heavy atom. The number of ether oxygens (including phenoxy) is 2. The van der Waals surface area contributed by atoms with Crippen LogP contribution in [0.25, 0.3) is 0 Å². The van der Waals surface area contributed by atoms with Crippen LogP contribution in [0.5, 0.6) is 11.5 Å². The molecule has 0 heterocycles. The third kappa shape index (κ3) is 2.52. The van der Waals surface area contributed by atoms with Gasteiger partial charge in [0.05, 0.1) is 18.8 Å². The Bertz CT molecular complexity index is 425. The molecule has 1 fully saturated rings. The fraction of sp³-hybridized carbons (Fsp3) is 0.462. The lowest BCUT2D eigenvalue weighted by Crippen LogP contribution is -2.22. The number of rotatable bonds is 4. The quantitative estimate of drug-likeness (QED) is 0.800. The maximum atomic E-state index is 12.0. The van der Waals surface area contributed by atoms with Crippen LogP contribution in [0, 0.1) is 0 Å². The molecule has 1 aromatic carbocycles. The lowest BCUT2D eigenvalue weighted by atomic mass is 10.1. The van der Waals surface area contributed by atoms with E-state index in [-0.39, 0.29) is 12.0 Å². The molecule has 1 aliphatic carbocycles. The number of methoxy groups -OCH3 is 1. The van der Waals surface area contributed by atoms with E-state index in [1.165, 1.54) is 4.90 Å². The first-order chi connectivity index (χ1) is 8.13. The van der Waals surface area contributed by atoms with E-state index in [0.29, 0.717) is 17.1 Å². The summed E-state index contributed by atoms with van der Waals surface area (Å²) < 4.78 is 11.0. The first-order valence-electron chi connectivity index (χ1n) is 5.68. The largest absolute Gasteiger partial charge is 0.493 e. The third-order valence-corrected chi connectivity index (χ3v) is 2.64. The summed E-state index contributed by atoms with van der Waals surface area (Å²) in [6.45, 7) is 0. The second-order valence-electron chi connectivity index (χ2n) is 4.35. The summed E-state index contributed by atoms with van der Waals surface area (Å²) in [5.41, 5.74) is 0.557. The van der Waals surface area contributed by atoms with Crippen LogP contribution in [0.1, 0.15) is 23.2 Å². The van der Waals surface area contributed by atoms with Gasteiger partial charge in [-0.3, -0.25) is 4.79 Å². The zero-order valence-electron chi connectivity index (χ0n) is 10.4. The first kappa shape index (κ1) is 11.8. The fourth-order valence-corrected chi connectivity index (χ4v) is 1.56. The van der Waals surface area contributed by atoms with E-state index in [1.807, 2.05) is 6.07 Å². The Kier molecular flexibility index (Phi) is 3.22. The third-order valence-electron chi connectivity index (χ3n) is 2.64. The fourth-order valence-electron chi connectivity index (χ4n) is 1.56. The van der Waals surface area contributed by atoms with Crippen LogP contribution in [0.2, 0.25) is 0 Å². The summed E-state index contributed by atoms with van der Waals surface area (Å²) in [6, 6.07) is 5.38. The van der Waals surface area contributed by atoms with Gasteiger partial charge < -0.3 is 14.4 Å². The van der Waals surface area contributed by atoms with Gasteiger partial charge in [0, 0.05) is 14.1 Å². The summed E-state index contributed by atoms with van der Waals surface area (Å²) in [4.78, 5) is 13.6. The van der Waals surface area contributed by atoms with Crippen molar-refractivity contribution in [1.82, 2.24) is 4.90 Å². The summed E-state index contributed by atoms with van der Waals surface area (Å²) >= 11 is 0. The van der Waals surface area contributed by atoms with Crippen molar-refractivity contribution in [2.75, 3.05) is 21.2 Å². The molecule has 1 aromatic rings. The zero-order valence-corrected chi connectivity index (χ0v) is 10.4. The molecule has 1 saturated carbocycles. The average Bonchev–Trinajstić information content (AvgIpc) is 3.12. The Morgan fingerprint density at radius 1 is 1.35 bits per heavy atom. The van der Waals surface area contributed by atoms with E-state index < -0.39 is 0 Å². The van der Waals surface area contributed by atoms with Gasteiger partial charge in [0.2, 0.25) is 0 Å². The summed E-state index contributed by atoms with van der Waals surface area (Å²) in [5.74, 6) is 1.11. The van der Waals surface area contributed by atoms with Crippen molar-refractivity contribution in [3.8, 4) is 11.5 Å². The van der Waals surface area contributed by atoms with Crippen LogP contribution >= 0.6 is 0 Å². The van der Waals surface area contributed by atoms with Crippen molar-refractivity contribution in [3.63, 3.8) is 0 Å². The minimum atomic E-state index is -0.0699. The van der Waals surface area contributed by atoms with Gasteiger partial charge in [0.25, 0.3) is 5.91 Å². The molecule has 2 rings (SSSR count). The van der Waals surface area contributed by atoms with Gasteiger partial charge >= 0.3 is 0 Å². The first-order valence-corrected chi connectivity index (χ1v) is 5.68. The number of carbonyl (C=O) groups is 1. The van der Waals surface area contributed by atoms with Crippen LogP contribution in [-0.2, 0) is 0 Å². The van der Waals surface area contributed by atoms with E-state index in [0.717, 1.165) is 12.8 Å². The number of benzene rings is 1. The van der Waals surface area contributed by atoms with E-state index in [2.05, 4.69) is 0 Å². The van der Waals surface area contributed by atoms with Crippen molar-refractivity contribution in [3.05, 3.63) is 23.8 Å².